The summed E-state index contributed by atoms with van der Waals surface area (Å²) in [5.41, 5.74) is 8.28. The van der Waals surface area contributed by atoms with Crippen LogP contribution < -0.4 is 10.7 Å². The Morgan fingerprint density at radius 3 is 2.87 bits per heavy atom. The number of aromatic amines is 1. The van der Waals surface area contributed by atoms with Crippen molar-refractivity contribution >= 4 is 45.2 Å². The van der Waals surface area contributed by atoms with Crippen molar-refractivity contribution in [3.8, 4) is 0 Å². The lowest BCUT2D eigenvalue weighted by atomic mass is 10.2. The number of nitrogens with one attached hydrogen (secondary N) is 3. The number of rotatable bonds is 3. The first-order chi connectivity index (χ1) is 11.2. The largest absolute Gasteiger partial charge is 0.359 e. The van der Waals surface area contributed by atoms with Crippen molar-refractivity contribution in [3.05, 3.63) is 53.2 Å². The Morgan fingerprint density at radius 2 is 2.04 bits per heavy atom. The number of aromatic nitrogens is 3. The van der Waals surface area contributed by atoms with E-state index in [4.69, 9.17) is 16.6 Å². The van der Waals surface area contributed by atoms with Crippen molar-refractivity contribution < 1.29 is 0 Å². The summed E-state index contributed by atoms with van der Waals surface area (Å²) in [5, 5.41) is 5.12. The molecule has 23 heavy (non-hydrogen) atoms. The molecule has 0 spiro atoms. The van der Waals surface area contributed by atoms with E-state index in [0.717, 1.165) is 33.6 Å². The second-order valence-electron chi connectivity index (χ2n) is 5.50. The van der Waals surface area contributed by atoms with Gasteiger partial charge in [-0.1, -0.05) is 17.7 Å². The van der Waals surface area contributed by atoms with Crippen LogP contribution in [0.2, 0.25) is 5.02 Å². The van der Waals surface area contributed by atoms with Crippen molar-refractivity contribution in [3.63, 3.8) is 0 Å². The molecule has 0 fully saturated rings. The number of hydrogen-bond acceptors (Lipinski definition) is 3. The third kappa shape index (κ3) is 2.29. The Hall–Kier alpha value is -2.66. The highest BCUT2D eigenvalue weighted by Gasteiger charge is 2.12. The van der Waals surface area contributed by atoms with Gasteiger partial charge in [-0.3, -0.25) is 0 Å². The molecule has 0 aliphatic carbocycles. The molecule has 0 aliphatic rings. The molecule has 4 rings (SSSR count). The van der Waals surface area contributed by atoms with Crippen molar-refractivity contribution in [1.29, 1.82) is 0 Å². The quantitative estimate of drug-likeness (QED) is 0.523. The van der Waals surface area contributed by atoms with Crippen LogP contribution in [0.15, 0.2) is 42.6 Å². The minimum absolute atomic E-state index is 0.706. The average Bonchev–Trinajstić information content (AvgIpc) is 3.08. The van der Waals surface area contributed by atoms with Crippen molar-refractivity contribution in [2.24, 2.45) is 0 Å². The normalized spacial score (nSPS) is 11.3. The third-order valence-corrected chi connectivity index (χ3v) is 4.16. The number of H-pyrrole nitrogens is 1. The first-order valence-corrected chi connectivity index (χ1v) is 7.74. The maximum atomic E-state index is 6.12. The lowest BCUT2D eigenvalue weighted by Gasteiger charge is -2.09. The Balaban J connectivity index is 1.84. The minimum Gasteiger partial charge on any atom is -0.359 e. The predicted octanol–water partition coefficient (Wildman–Crippen LogP) is 4.40. The van der Waals surface area contributed by atoms with Gasteiger partial charge in [0, 0.05) is 29.2 Å². The molecule has 116 valence electrons. The number of aryl methyl sites for hydroxylation is 1. The molecule has 0 radical (unpaired) electrons. The van der Waals surface area contributed by atoms with Crippen LogP contribution in [-0.4, -0.2) is 21.7 Å². The fraction of sp³-hybridized carbons (Fsp3) is 0.118. The van der Waals surface area contributed by atoms with Crippen LogP contribution in [0.1, 0.15) is 5.56 Å². The Labute approximate surface area is 138 Å². The summed E-state index contributed by atoms with van der Waals surface area (Å²) >= 11 is 6.12. The first-order valence-electron chi connectivity index (χ1n) is 7.36. The number of halogens is 1. The summed E-state index contributed by atoms with van der Waals surface area (Å²) in [6.45, 7) is 2.06. The van der Waals surface area contributed by atoms with Crippen LogP contribution in [0.25, 0.3) is 21.9 Å². The van der Waals surface area contributed by atoms with E-state index in [2.05, 4.69) is 40.8 Å². The zero-order valence-electron chi connectivity index (χ0n) is 12.8. The molecular weight excluding hydrogens is 310 g/mol. The highest BCUT2D eigenvalue weighted by atomic mass is 35.5. The van der Waals surface area contributed by atoms with Crippen LogP contribution in [0, 0.1) is 6.92 Å². The predicted molar refractivity (Wildman–Crippen MR) is 96.3 cm³/mol. The van der Waals surface area contributed by atoms with E-state index in [0.29, 0.717) is 5.02 Å². The fourth-order valence-electron chi connectivity index (χ4n) is 2.82. The minimum atomic E-state index is 0.706. The number of nitrogens with zero attached hydrogens (tertiary/aromatic N) is 2. The molecule has 5 nitrogen and oxygen atoms in total. The van der Waals surface area contributed by atoms with Gasteiger partial charge in [0.15, 0.2) is 0 Å². The summed E-state index contributed by atoms with van der Waals surface area (Å²) in [4.78, 5) is 7.93. The van der Waals surface area contributed by atoms with E-state index in [1.165, 1.54) is 5.56 Å². The summed E-state index contributed by atoms with van der Waals surface area (Å²) in [6.07, 6.45) is 1.92. The van der Waals surface area contributed by atoms with E-state index in [-0.39, 0.29) is 0 Å². The smallest absolute Gasteiger partial charge is 0.227 e. The third-order valence-electron chi connectivity index (χ3n) is 3.92. The van der Waals surface area contributed by atoms with E-state index in [9.17, 15) is 0 Å². The zero-order valence-corrected chi connectivity index (χ0v) is 13.6. The molecule has 0 atom stereocenters. The molecular formula is C17H16ClN5. The molecule has 2 aromatic heterocycles. The van der Waals surface area contributed by atoms with E-state index in [1.807, 2.05) is 36.1 Å². The maximum Gasteiger partial charge on any atom is 0.227 e. The Bertz CT molecular complexity index is 1010. The second kappa shape index (κ2) is 5.21. The van der Waals surface area contributed by atoms with Gasteiger partial charge in [-0.15, -0.1) is 0 Å². The second-order valence-corrected chi connectivity index (χ2v) is 5.94. The molecule has 0 amide bonds. The van der Waals surface area contributed by atoms with Gasteiger partial charge in [-0.05, 0) is 42.8 Å². The lowest BCUT2D eigenvalue weighted by molar-refractivity contribution is 0.966. The monoisotopic (exact) mass is 325 g/mol. The van der Waals surface area contributed by atoms with Gasteiger partial charge in [0.05, 0.1) is 16.7 Å². The average molecular weight is 326 g/mol. The lowest BCUT2D eigenvalue weighted by Crippen LogP contribution is -2.11. The molecule has 4 aromatic rings. The first kappa shape index (κ1) is 14.0. The number of fused-ring (bicyclic) bond motifs is 2. The van der Waals surface area contributed by atoms with E-state index >= 15 is 0 Å². The molecule has 0 saturated heterocycles. The SMILES string of the molecule is CNn1c(Nc2c[nH]c3ccc(Cl)cc23)nc2cc(C)ccc21. The van der Waals surface area contributed by atoms with Crippen molar-refractivity contribution in [2.75, 3.05) is 17.8 Å². The molecule has 0 bridgehead atoms. The number of anilines is 2. The van der Waals surface area contributed by atoms with Crippen molar-refractivity contribution in [1.82, 2.24) is 14.6 Å². The Morgan fingerprint density at radius 1 is 1.17 bits per heavy atom. The highest BCUT2D eigenvalue weighted by molar-refractivity contribution is 6.31. The fourth-order valence-corrected chi connectivity index (χ4v) is 2.99. The summed E-state index contributed by atoms with van der Waals surface area (Å²) < 4.78 is 1.93. The van der Waals surface area contributed by atoms with Crippen molar-refractivity contribution in [2.45, 2.75) is 6.92 Å². The van der Waals surface area contributed by atoms with Crippen LogP contribution in [-0.2, 0) is 0 Å². The molecule has 6 heteroatoms. The van der Waals surface area contributed by atoms with Gasteiger partial charge in [-0.25, -0.2) is 9.66 Å². The highest BCUT2D eigenvalue weighted by Crippen LogP contribution is 2.29. The maximum absolute atomic E-state index is 6.12. The standard InChI is InChI=1S/C17H16ClN5/c1-10-3-6-16-14(7-10)21-17(23(16)19-2)22-15-9-20-13-5-4-11(18)8-12(13)15/h3-9,19-20H,1-2H3,(H,21,22). The molecule has 0 aliphatic heterocycles. The van der Waals surface area contributed by atoms with Gasteiger partial charge in [0.2, 0.25) is 5.95 Å². The van der Waals surface area contributed by atoms with Crippen LogP contribution in [0.3, 0.4) is 0 Å². The van der Waals surface area contributed by atoms with Crippen LogP contribution in [0.5, 0.6) is 0 Å². The van der Waals surface area contributed by atoms with E-state index < -0.39 is 0 Å². The summed E-state index contributed by atoms with van der Waals surface area (Å²) in [7, 11) is 1.87. The van der Waals surface area contributed by atoms with Gasteiger partial charge < -0.3 is 15.7 Å². The van der Waals surface area contributed by atoms with Gasteiger partial charge in [-0.2, -0.15) is 0 Å². The summed E-state index contributed by atoms with van der Waals surface area (Å²) in [6, 6.07) is 12.0. The topological polar surface area (TPSA) is 57.7 Å². The van der Waals surface area contributed by atoms with Gasteiger partial charge in [0.1, 0.15) is 0 Å². The Kier molecular flexibility index (Phi) is 3.16. The molecule has 0 unspecified atom stereocenters. The van der Waals surface area contributed by atoms with E-state index in [1.54, 1.807) is 0 Å². The van der Waals surface area contributed by atoms with Gasteiger partial charge >= 0.3 is 0 Å². The summed E-state index contributed by atoms with van der Waals surface area (Å²) in [5.74, 6) is 0.731. The molecule has 2 aromatic carbocycles. The van der Waals surface area contributed by atoms with Gasteiger partial charge in [0.25, 0.3) is 0 Å². The number of hydrogen-bond donors (Lipinski definition) is 3. The molecule has 3 N–H and O–H groups in total. The molecule has 2 heterocycles. The number of benzene rings is 2. The zero-order chi connectivity index (χ0) is 16.0. The van der Waals surface area contributed by atoms with Crippen LogP contribution in [0.4, 0.5) is 11.6 Å². The molecule has 0 saturated carbocycles. The van der Waals surface area contributed by atoms with Crippen LogP contribution >= 0.6 is 11.6 Å². The number of imidazole rings is 1.